The van der Waals surface area contributed by atoms with Gasteiger partial charge < -0.3 is 15.2 Å². The molecule has 2 atom stereocenters. The number of hydrogen-bond acceptors (Lipinski definition) is 5. The first-order valence-electron chi connectivity index (χ1n) is 7.39. The van der Waals surface area contributed by atoms with Gasteiger partial charge in [0, 0.05) is 6.04 Å². The van der Waals surface area contributed by atoms with E-state index in [-0.39, 0.29) is 12.0 Å². The molecule has 0 aliphatic carbocycles. The Morgan fingerprint density at radius 1 is 1.38 bits per heavy atom. The van der Waals surface area contributed by atoms with Gasteiger partial charge in [0.1, 0.15) is 12.1 Å². The number of hydrogen-bond donors (Lipinski definition) is 2. The van der Waals surface area contributed by atoms with Crippen molar-refractivity contribution in [2.24, 2.45) is 5.92 Å². The fourth-order valence-electron chi connectivity index (χ4n) is 2.02. The summed E-state index contributed by atoms with van der Waals surface area (Å²) in [6.07, 6.45) is 3.93. The van der Waals surface area contributed by atoms with Crippen molar-refractivity contribution in [3.05, 3.63) is 11.9 Å². The largest absolute Gasteiger partial charge is 0.481 e. The summed E-state index contributed by atoms with van der Waals surface area (Å²) in [6.45, 7) is 8.21. The van der Waals surface area contributed by atoms with Gasteiger partial charge in [-0.25, -0.2) is 9.97 Å². The molecule has 0 aliphatic rings. The lowest BCUT2D eigenvalue weighted by atomic mass is 10.0. The van der Waals surface area contributed by atoms with Crippen LogP contribution in [0.25, 0.3) is 0 Å². The normalized spacial score (nSPS) is 13.5. The molecule has 1 rings (SSSR count). The molecule has 0 radical (unpaired) electrons. The van der Waals surface area contributed by atoms with Crippen LogP contribution >= 0.6 is 0 Å². The fraction of sp³-hybridized carbons (Fsp3) is 0.667. The number of aliphatic carboxylic acids is 1. The standard InChI is InChI=1S/C15H25N3O3/c1-5-21-14-12(4)13(16-9-17-14)18-11(3)8-6-7-10(2)15(19)20/h9-11H,5-8H2,1-4H3,(H,19,20)(H,16,17,18). The van der Waals surface area contributed by atoms with Crippen LogP contribution in [0.15, 0.2) is 6.33 Å². The highest BCUT2D eigenvalue weighted by Crippen LogP contribution is 2.21. The van der Waals surface area contributed by atoms with Crippen molar-refractivity contribution in [2.75, 3.05) is 11.9 Å². The smallest absolute Gasteiger partial charge is 0.306 e. The second kappa shape index (κ2) is 8.44. The lowest BCUT2D eigenvalue weighted by Gasteiger charge is -2.17. The highest BCUT2D eigenvalue weighted by Gasteiger charge is 2.13. The van der Waals surface area contributed by atoms with E-state index in [0.29, 0.717) is 18.9 Å². The van der Waals surface area contributed by atoms with Gasteiger partial charge in [0.25, 0.3) is 0 Å². The Kier molecular flexibility index (Phi) is 6.91. The van der Waals surface area contributed by atoms with Gasteiger partial charge in [0.2, 0.25) is 5.88 Å². The zero-order valence-electron chi connectivity index (χ0n) is 13.2. The Morgan fingerprint density at radius 2 is 2.10 bits per heavy atom. The second-order valence-corrected chi connectivity index (χ2v) is 5.30. The summed E-state index contributed by atoms with van der Waals surface area (Å²) >= 11 is 0. The van der Waals surface area contributed by atoms with Gasteiger partial charge in [-0.2, -0.15) is 0 Å². The van der Waals surface area contributed by atoms with Crippen molar-refractivity contribution >= 4 is 11.8 Å². The number of anilines is 1. The summed E-state index contributed by atoms with van der Waals surface area (Å²) in [5.74, 6) is 0.347. The van der Waals surface area contributed by atoms with Crippen LogP contribution in [-0.2, 0) is 4.79 Å². The predicted molar refractivity (Wildman–Crippen MR) is 81.7 cm³/mol. The van der Waals surface area contributed by atoms with E-state index in [1.807, 2.05) is 13.8 Å². The number of ether oxygens (including phenoxy) is 1. The average molecular weight is 295 g/mol. The lowest BCUT2D eigenvalue weighted by Crippen LogP contribution is -2.18. The molecule has 2 N–H and O–H groups in total. The van der Waals surface area contributed by atoms with Crippen molar-refractivity contribution in [2.45, 2.75) is 53.0 Å². The molecule has 0 saturated heterocycles. The number of carbonyl (C=O) groups is 1. The van der Waals surface area contributed by atoms with Gasteiger partial charge in [-0.15, -0.1) is 0 Å². The first-order valence-corrected chi connectivity index (χ1v) is 7.39. The van der Waals surface area contributed by atoms with Crippen molar-refractivity contribution in [3.63, 3.8) is 0 Å². The fourth-order valence-corrected chi connectivity index (χ4v) is 2.02. The third kappa shape index (κ3) is 5.57. The molecule has 0 spiro atoms. The minimum absolute atomic E-state index is 0.217. The third-order valence-electron chi connectivity index (χ3n) is 3.40. The van der Waals surface area contributed by atoms with Crippen LogP contribution in [-0.4, -0.2) is 33.7 Å². The van der Waals surface area contributed by atoms with Crippen LogP contribution < -0.4 is 10.1 Å². The highest BCUT2D eigenvalue weighted by molar-refractivity contribution is 5.69. The Morgan fingerprint density at radius 3 is 2.71 bits per heavy atom. The molecular weight excluding hydrogens is 270 g/mol. The van der Waals surface area contributed by atoms with Gasteiger partial charge in [-0.3, -0.25) is 4.79 Å². The van der Waals surface area contributed by atoms with Crippen molar-refractivity contribution < 1.29 is 14.6 Å². The van der Waals surface area contributed by atoms with Crippen LogP contribution in [0.1, 0.15) is 45.6 Å². The number of rotatable bonds is 9. The van der Waals surface area contributed by atoms with E-state index in [0.717, 1.165) is 24.2 Å². The van der Waals surface area contributed by atoms with Gasteiger partial charge in [-0.05, 0) is 33.6 Å². The zero-order chi connectivity index (χ0) is 15.8. The number of aromatic nitrogens is 2. The van der Waals surface area contributed by atoms with Crippen molar-refractivity contribution in [1.29, 1.82) is 0 Å². The number of nitrogens with one attached hydrogen (secondary N) is 1. The van der Waals surface area contributed by atoms with Gasteiger partial charge in [-0.1, -0.05) is 13.3 Å². The number of carboxylic acid groups (broad SMARTS) is 1. The molecule has 118 valence electrons. The summed E-state index contributed by atoms with van der Waals surface area (Å²) in [5.41, 5.74) is 0.894. The maximum absolute atomic E-state index is 10.8. The molecule has 0 fully saturated rings. The van der Waals surface area contributed by atoms with Crippen molar-refractivity contribution in [1.82, 2.24) is 9.97 Å². The maximum Gasteiger partial charge on any atom is 0.306 e. The Bertz CT molecular complexity index is 465. The molecule has 0 bridgehead atoms. The van der Waals surface area contributed by atoms with E-state index < -0.39 is 5.97 Å². The molecule has 0 aliphatic heterocycles. The molecule has 1 heterocycles. The van der Waals surface area contributed by atoms with Gasteiger partial charge in [0.05, 0.1) is 18.1 Å². The van der Waals surface area contributed by atoms with Crippen LogP contribution in [0.2, 0.25) is 0 Å². The molecule has 21 heavy (non-hydrogen) atoms. The van der Waals surface area contributed by atoms with Crippen LogP contribution in [0, 0.1) is 12.8 Å². The number of nitrogens with zero attached hydrogens (tertiary/aromatic N) is 2. The van der Waals surface area contributed by atoms with Crippen LogP contribution in [0.5, 0.6) is 5.88 Å². The van der Waals surface area contributed by atoms with E-state index >= 15 is 0 Å². The van der Waals surface area contributed by atoms with Crippen LogP contribution in [0.3, 0.4) is 0 Å². The minimum Gasteiger partial charge on any atom is -0.481 e. The zero-order valence-corrected chi connectivity index (χ0v) is 13.2. The van der Waals surface area contributed by atoms with Gasteiger partial charge in [0.15, 0.2) is 0 Å². The summed E-state index contributed by atoms with van der Waals surface area (Å²) in [4.78, 5) is 19.1. The molecule has 0 aromatic carbocycles. The first kappa shape index (κ1) is 17.2. The Labute approximate surface area is 126 Å². The van der Waals surface area contributed by atoms with E-state index in [1.54, 1.807) is 6.92 Å². The summed E-state index contributed by atoms with van der Waals surface area (Å²) in [5, 5.41) is 12.2. The third-order valence-corrected chi connectivity index (χ3v) is 3.40. The molecule has 0 amide bonds. The van der Waals surface area contributed by atoms with E-state index in [2.05, 4.69) is 22.2 Å². The molecule has 1 aromatic rings. The average Bonchev–Trinajstić information content (AvgIpc) is 2.43. The molecule has 2 unspecified atom stereocenters. The first-order chi connectivity index (χ1) is 9.95. The summed E-state index contributed by atoms with van der Waals surface area (Å²) in [7, 11) is 0. The number of carboxylic acids is 1. The minimum atomic E-state index is -0.733. The summed E-state index contributed by atoms with van der Waals surface area (Å²) in [6, 6.07) is 0.217. The molecule has 6 heteroatoms. The summed E-state index contributed by atoms with van der Waals surface area (Å²) < 4.78 is 5.44. The topological polar surface area (TPSA) is 84.3 Å². The second-order valence-electron chi connectivity index (χ2n) is 5.30. The Balaban J connectivity index is 2.49. The van der Waals surface area contributed by atoms with Gasteiger partial charge >= 0.3 is 5.97 Å². The van der Waals surface area contributed by atoms with Crippen LogP contribution in [0.4, 0.5) is 5.82 Å². The maximum atomic E-state index is 10.8. The van der Waals surface area contributed by atoms with E-state index in [9.17, 15) is 4.79 Å². The van der Waals surface area contributed by atoms with E-state index in [1.165, 1.54) is 6.33 Å². The predicted octanol–water partition coefficient (Wildman–Crippen LogP) is 2.88. The van der Waals surface area contributed by atoms with E-state index in [4.69, 9.17) is 9.84 Å². The van der Waals surface area contributed by atoms with Crippen molar-refractivity contribution in [3.8, 4) is 5.88 Å². The molecule has 0 saturated carbocycles. The quantitative estimate of drug-likeness (QED) is 0.728. The molecule has 1 aromatic heterocycles. The monoisotopic (exact) mass is 295 g/mol. The highest BCUT2D eigenvalue weighted by atomic mass is 16.5. The lowest BCUT2D eigenvalue weighted by molar-refractivity contribution is -0.141. The molecular formula is C15H25N3O3. The Hall–Kier alpha value is -1.85. The SMILES string of the molecule is CCOc1ncnc(NC(C)CCCC(C)C(=O)O)c1C. The molecule has 6 nitrogen and oxygen atoms in total.